The highest BCUT2D eigenvalue weighted by Crippen LogP contribution is 2.41. The van der Waals surface area contributed by atoms with E-state index in [1.54, 1.807) is 0 Å². The number of thiophene rings is 1. The molecular formula is C25H23N8O5S3+. The number of nitriles is 1. The van der Waals surface area contributed by atoms with Gasteiger partial charge in [-0.25, -0.2) is 9.78 Å². The van der Waals surface area contributed by atoms with Gasteiger partial charge in [-0.2, -0.15) is 9.83 Å². The molecule has 2 aliphatic heterocycles. The summed E-state index contributed by atoms with van der Waals surface area (Å²) in [5.41, 5.74) is 11.7. The van der Waals surface area contributed by atoms with Crippen LogP contribution in [0, 0.1) is 11.3 Å². The molecule has 0 bridgehead atoms. The van der Waals surface area contributed by atoms with Crippen LogP contribution in [0.2, 0.25) is 0 Å². The van der Waals surface area contributed by atoms with Gasteiger partial charge in [0.2, 0.25) is 5.60 Å². The van der Waals surface area contributed by atoms with E-state index < -0.39 is 34.8 Å². The lowest BCUT2D eigenvalue weighted by molar-refractivity contribution is -0.661. The predicted octanol–water partition coefficient (Wildman–Crippen LogP) is 1.42. The number of hydrogen-bond acceptors (Lipinski definition) is 12. The first-order chi connectivity index (χ1) is 19.7. The summed E-state index contributed by atoms with van der Waals surface area (Å²) in [5, 5.41) is 30.0. The molecule has 13 nitrogen and oxygen atoms in total. The largest absolute Gasteiger partial charge is 0.477 e. The number of oxime groups is 1. The molecule has 6 N–H and O–H groups in total. The summed E-state index contributed by atoms with van der Waals surface area (Å²) in [6.45, 7) is 0.263. The molecule has 41 heavy (non-hydrogen) atoms. The second-order valence-electron chi connectivity index (χ2n) is 9.73. The van der Waals surface area contributed by atoms with Crippen LogP contribution < -0.4 is 21.4 Å². The summed E-state index contributed by atoms with van der Waals surface area (Å²) in [4.78, 5) is 50.7. The van der Waals surface area contributed by atoms with Crippen molar-refractivity contribution in [1.29, 1.82) is 5.26 Å². The van der Waals surface area contributed by atoms with Gasteiger partial charge in [0.05, 0.1) is 11.1 Å². The van der Waals surface area contributed by atoms with Crippen LogP contribution in [0.4, 0.5) is 10.8 Å². The number of carboxylic acids is 1. The maximum atomic E-state index is 13.3. The van der Waals surface area contributed by atoms with Crippen LogP contribution >= 0.6 is 34.4 Å². The number of nitrogens with two attached hydrogens (primary N) is 2. The zero-order valence-electron chi connectivity index (χ0n) is 21.3. The van der Waals surface area contributed by atoms with Gasteiger partial charge in [-0.3, -0.25) is 14.5 Å². The van der Waals surface area contributed by atoms with Gasteiger partial charge in [-0.1, -0.05) is 16.5 Å². The van der Waals surface area contributed by atoms with Gasteiger partial charge in [-0.05, 0) is 12.5 Å². The molecule has 6 rings (SSSR count). The molecular weight excluding hydrogens is 589 g/mol. The van der Waals surface area contributed by atoms with Gasteiger partial charge < -0.3 is 26.7 Å². The van der Waals surface area contributed by atoms with Gasteiger partial charge in [0.25, 0.3) is 16.6 Å². The van der Waals surface area contributed by atoms with Crippen molar-refractivity contribution in [2.45, 2.75) is 42.8 Å². The minimum absolute atomic E-state index is 0.0938. The molecule has 1 saturated heterocycles. The van der Waals surface area contributed by atoms with E-state index in [2.05, 4.69) is 21.5 Å². The van der Waals surface area contributed by atoms with Gasteiger partial charge in [0.1, 0.15) is 28.9 Å². The number of hydrogen-bond donors (Lipinski definition) is 4. The number of thioether (sulfide) groups is 1. The minimum Gasteiger partial charge on any atom is -0.477 e. The van der Waals surface area contributed by atoms with E-state index in [0.717, 1.165) is 28.0 Å². The Labute approximate surface area is 245 Å². The fourth-order valence-electron chi connectivity index (χ4n) is 4.87. The third-order valence-electron chi connectivity index (χ3n) is 7.18. The number of β-lactam (4-membered cyclic amide) rings is 1. The lowest BCUT2D eigenvalue weighted by atomic mass is 9.82. The Morgan fingerprint density at radius 2 is 2.15 bits per heavy atom. The van der Waals surface area contributed by atoms with Crippen LogP contribution in [0.25, 0.3) is 10.2 Å². The Morgan fingerprint density at radius 3 is 2.80 bits per heavy atom. The number of nitrogen functional groups attached to an aromatic ring is 2. The molecule has 0 aromatic carbocycles. The van der Waals surface area contributed by atoms with Crippen molar-refractivity contribution in [1.82, 2.24) is 15.2 Å². The SMILES string of the molecule is N#CC1(O/N=C(\C(=O)NC2C(=O)N3C(C(=O)O)=C(C[n+]4cccc5c(N)csc54)CS[C@H]23)c2csc(N)n2)CCC1. The van der Waals surface area contributed by atoms with E-state index in [1.807, 2.05) is 28.3 Å². The van der Waals surface area contributed by atoms with Gasteiger partial charge >= 0.3 is 5.97 Å². The maximum absolute atomic E-state index is 13.3. The fourth-order valence-corrected chi connectivity index (χ4v) is 7.69. The molecule has 0 radical (unpaired) electrons. The first-order valence-electron chi connectivity index (χ1n) is 12.5. The first kappa shape index (κ1) is 27.0. The fraction of sp³-hybridized carbons (Fsp3) is 0.320. The van der Waals surface area contributed by atoms with Crippen molar-refractivity contribution >= 4 is 79.0 Å². The number of carboxylic acid groups (broad SMARTS) is 1. The second-order valence-corrected chi connectivity index (χ2v) is 12.6. The van der Waals surface area contributed by atoms with Crippen LogP contribution in [0.1, 0.15) is 25.0 Å². The Kier molecular flexibility index (Phi) is 6.80. The van der Waals surface area contributed by atoms with Crippen LogP contribution in [-0.2, 0) is 25.8 Å². The Bertz CT molecular complexity index is 1700. The molecule has 1 aliphatic carbocycles. The number of nitrogens with one attached hydrogen (secondary N) is 1. The monoisotopic (exact) mass is 611 g/mol. The molecule has 3 aromatic heterocycles. The highest BCUT2D eigenvalue weighted by atomic mass is 32.2. The molecule has 2 fully saturated rings. The highest BCUT2D eigenvalue weighted by molar-refractivity contribution is 8.00. The van der Waals surface area contributed by atoms with E-state index in [4.69, 9.17) is 16.3 Å². The Hall–Kier alpha value is -4.20. The number of carbonyl (C=O) groups excluding carboxylic acids is 2. The number of aromatic nitrogens is 2. The standard InChI is InChI=1S/C25H22N8O5S3/c26-11-25(4-2-5-25)38-31-16(15-10-41-24(28)29-15)19(34)30-17-20(35)33-18(23(36)37)12(8-39-22(17)33)7-32-6-1-3-13-14(27)9-40-21(13)32/h1,3,6,9-10,17,22H,2,4-5,7-8,27H2,(H3-,28,29,30,34,36,37)/p+1/b31-16-/t17?,22-/m1/s1. The number of pyridine rings is 1. The quantitative estimate of drug-likeness (QED) is 0.125. The average Bonchev–Trinajstić information content (AvgIpc) is 3.54. The van der Waals surface area contributed by atoms with E-state index >= 15 is 0 Å². The van der Waals surface area contributed by atoms with E-state index in [-0.39, 0.29) is 28.8 Å². The summed E-state index contributed by atoms with van der Waals surface area (Å²) >= 11 is 3.92. The smallest absolute Gasteiger partial charge is 0.352 e. The maximum Gasteiger partial charge on any atom is 0.352 e. The number of amides is 2. The zero-order valence-corrected chi connectivity index (χ0v) is 23.7. The molecule has 0 spiro atoms. The summed E-state index contributed by atoms with van der Waals surface area (Å²) in [6.07, 6.45) is 3.61. The predicted molar refractivity (Wildman–Crippen MR) is 152 cm³/mol. The normalized spacial score (nSPS) is 21.5. The van der Waals surface area contributed by atoms with Crippen molar-refractivity contribution in [3.05, 3.63) is 46.1 Å². The third kappa shape index (κ3) is 4.65. The van der Waals surface area contributed by atoms with Gasteiger partial charge in [0.15, 0.2) is 23.6 Å². The number of anilines is 2. The second kappa shape index (κ2) is 10.3. The van der Waals surface area contributed by atoms with E-state index in [0.29, 0.717) is 29.9 Å². The summed E-state index contributed by atoms with van der Waals surface area (Å²) in [7, 11) is 0. The Balaban J connectivity index is 1.23. The van der Waals surface area contributed by atoms with Crippen molar-refractivity contribution in [3.8, 4) is 6.07 Å². The average molecular weight is 612 g/mol. The number of fused-ring (bicyclic) bond motifs is 2. The molecule has 3 aromatic rings. The summed E-state index contributed by atoms with van der Waals surface area (Å²) < 4.78 is 1.91. The third-order valence-corrected chi connectivity index (χ3v) is 10.2. The number of rotatable bonds is 8. The van der Waals surface area contributed by atoms with Crippen molar-refractivity contribution in [3.63, 3.8) is 0 Å². The molecule has 210 valence electrons. The zero-order chi connectivity index (χ0) is 28.9. The van der Waals surface area contributed by atoms with Crippen LogP contribution in [-0.4, -0.2) is 61.3 Å². The first-order valence-corrected chi connectivity index (χ1v) is 15.3. The highest BCUT2D eigenvalue weighted by Gasteiger charge is 2.55. The van der Waals surface area contributed by atoms with Gasteiger partial charge in [-0.15, -0.1) is 23.1 Å². The van der Waals surface area contributed by atoms with Crippen LogP contribution in [0.3, 0.4) is 0 Å². The van der Waals surface area contributed by atoms with Crippen LogP contribution in [0.5, 0.6) is 0 Å². The summed E-state index contributed by atoms with van der Waals surface area (Å²) in [5.74, 6) is -2.19. The number of carbonyl (C=O) groups is 3. The summed E-state index contributed by atoms with van der Waals surface area (Å²) in [6, 6.07) is 4.83. The molecule has 3 aliphatic rings. The molecule has 2 atom stereocenters. The van der Waals surface area contributed by atoms with Crippen molar-refractivity contribution in [2.24, 2.45) is 5.16 Å². The molecule has 1 saturated carbocycles. The minimum atomic E-state index is -1.22. The Morgan fingerprint density at radius 1 is 1.34 bits per heavy atom. The number of thiazole rings is 1. The van der Waals surface area contributed by atoms with Crippen LogP contribution in [0.15, 0.2) is 45.5 Å². The van der Waals surface area contributed by atoms with Crippen molar-refractivity contribution in [2.75, 3.05) is 17.2 Å². The van der Waals surface area contributed by atoms with Gasteiger partial charge in [0, 0.05) is 41.0 Å². The van der Waals surface area contributed by atoms with E-state index in [1.165, 1.54) is 33.4 Å². The number of nitrogens with zero attached hydrogens (tertiary/aromatic N) is 5. The lowest BCUT2D eigenvalue weighted by Crippen LogP contribution is -2.71. The van der Waals surface area contributed by atoms with E-state index in [9.17, 15) is 24.8 Å². The molecule has 1 unspecified atom stereocenters. The lowest BCUT2D eigenvalue weighted by Gasteiger charge is -2.49. The number of aliphatic carboxylic acids is 1. The molecule has 2 amide bonds. The topological polar surface area (TPSA) is 201 Å². The van der Waals surface area contributed by atoms with Crippen molar-refractivity contribution < 1.29 is 28.9 Å². The molecule has 16 heteroatoms. The molecule has 5 heterocycles.